The molecule has 0 saturated carbocycles. The van der Waals surface area contributed by atoms with Crippen LogP contribution in [-0.4, -0.2) is 40.6 Å². The topological polar surface area (TPSA) is 41.4 Å². The van der Waals surface area contributed by atoms with Gasteiger partial charge in [0.15, 0.2) is 5.82 Å². The van der Waals surface area contributed by atoms with Gasteiger partial charge in [-0.05, 0) is 18.4 Å². The zero-order chi connectivity index (χ0) is 17.8. The van der Waals surface area contributed by atoms with E-state index in [0.717, 1.165) is 39.3 Å². The Balaban J connectivity index is 1.63. The Morgan fingerprint density at radius 2 is 1.92 bits per heavy atom. The van der Waals surface area contributed by atoms with Crippen molar-refractivity contribution in [2.45, 2.75) is 33.9 Å². The summed E-state index contributed by atoms with van der Waals surface area (Å²) >= 11 is 0. The van der Waals surface area contributed by atoms with Gasteiger partial charge in [-0.25, -0.2) is 4.98 Å². The molecule has 1 fully saturated rings. The SMILES string of the molecule is Cc1cccc(CN2CCN(c3nccn(CC(C)C)c3=O)CC2)c1. The summed E-state index contributed by atoms with van der Waals surface area (Å²) in [4.78, 5) is 21.6. The molecule has 0 amide bonds. The molecule has 2 heterocycles. The Morgan fingerprint density at radius 3 is 2.60 bits per heavy atom. The van der Waals surface area contributed by atoms with E-state index in [1.54, 1.807) is 17.0 Å². The normalized spacial score (nSPS) is 15.8. The molecule has 2 aromatic rings. The lowest BCUT2D eigenvalue weighted by molar-refractivity contribution is 0.249. The second kappa shape index (κ2) is 7.83. The lowest BCUT2D eigenvalue weighted by atomic mass is 10.1. The number of hydrogen-bond donors (Lipinski definition) is 0. The minimum Gasteiger partial charge on any atom is -0.349 e. The van der Waals surface area contributed by atoms with Crippen molar-refractivity contribution < 1.29 is 0 Å². The van der Waals surface area contributed by atoms with Crippen molar-refractivity contribution in [2.75, 3.05) is 31.1 Å². The largest absolute Gasteiger partial charge is 0.349 e. The van der Waals surface area contributed by atoms with Crippen LogP contribution in [0.1, 0.15) is 25.0 Å². The van der Waals surface area contributed by atoms with Crippen LogP contribution in [-0.2, 0) is 13.1 Å². The molecule has 25 heavy (non-hydrogen) atoms. The Kier molecular flexibility index (Phi) is 5.53. The monoisotopic (exact) mass is 340 g/mol. The molecule has 5 nitrogen and oxygen atoms in total. The highest BCUT2D eigenvalue weighted by Crippen LogP contribution is 2.13. The van der Waals surface area contributed by atoms with Crippen molar-refractivity contribution in [3.05, 3.63) is 58.1 Å². The van der Waals surface area contributed by atoms with Crippen molar-refractivity contribution in [1.29, 1.82) is 0 Å². The molecular weight excluding hydrogens is 312 g/mol. The minimum absolute atomic E-state index is 0.0309. The van der Waals surface area contributed by atoms with Crippen molar-refractivity contribution in [2.24, 2.45) is 5.92 Å². The summed E-state index contributed by atoms with van der Waals surface area (Å²) in [6, 6.07) is 8.68. The third kappa shape index (κ3) is 4.48. The molecule has 1 aliphatic rings. The Bertz CT molecular complexity index is 760. The Hall–Kier alpha value is -2.14. The van der Waals surface area contributed by atoms with Crippen LogP contribution in [0.4, 0.5) is 5.82 Å². The van der Waals surface area contributed by atoms with Crippen molar-refractivity contribution in [1.82, 2.24) is 14.5 Å². The number of hydrogen-bond acceptors (Lipinski definition) is 4. The molecule has 1 saturated heterocycles. The van der Waals surface area contributed by atoms with E-state index < -0.39 is 0 Å². The summed E-state index contributed by atoms with van der Waals surface area (Å²) in [6.45, 7) is 11.7. The molecule has 0 aliphatic carbocycles. The van der Waals surface area contributed by atoms with Gasteiger partial charge in [0.25, 0.3) is 5.56 Å². The molecule has 0 unspecified atom stereocenters. The summed E-state index contributed by atoms with van der Waals surface area (Å²) in [5.41, 5.74) is 2.68. The van der Waals surface area contributed by atoms with E-state index in [1.807, 2.05) is 0 Å². The number of anilines is 1. The standard InChI is InChI=1S/C20H28N4O/c1-16(2)14-24-8-7-21-19(20(24)25)23-11-9-22(10-12-23)15-18-6-4-5-17(3)13-18/h4-8,13,16H,9-12,14-15H2,1-3H3. The maximum atomic E-state index is 12.7. The van der Waals surface area contributed by atoms with Crippen LogP contribution >= 0.6 is 0 Å². The van der Waals surface area contributed by atoms with Crippen LogP contribution in [0.25, 0.3) is 0 Å². The maximum absolute atomic E-state index is 12.7. The number of nitrogens with zero attached hydrogens (tertiary/aromatic N) is 4. The van der Waals surface area contributed by atoms with Crippen LogP contribution in [0.3, 0.4) is 0 Å². The second-order valence-corrected chi connectivity index (χ2v) is 7.35. The van der Waals surface area contributed by atoms with Crippen LogP contribution in [0, 0.1) is 12.8 Å². The highest BCUT2D eigenvalue weighted by Gasteiger charge is 2.21. The predicted octanol–water partition coefficient (Wildman–Crippen LogP) is 2.53. The average Bonchev–Trinajstić information content (AvgIpc) is 2.57. The van der Waals surface area contributed by atoms with E-state index >= 15 is 0 Å². The summed E-state index contributed by atoms with van der Waals surface area (Å²) in [6.07, 6.45) is 3.54. The number of aryl methyl sites for hydroxylation is 1. The van der Waals surface area contributed by atoms with E-state index in [4.69, 9.17) is 0 Å². The first kappa shape index (κ1) is 17.7. The molecule has 134 valence electrons. The van der Waals surface area contributed by atoms with Gasteiger partial charge in [-0.1, -0.05) is 43.7 Å². The van der Waals surface area contributed by atoms with Gasteiger partial charge in [-0.15, -0.1) is 0 Å². The van der Waals surface area contributed by atoms with Crippen LogP contribution < -0.4 is 10.5 Å². The first-order valence-corrected chi connectivity index (χ1v) is 9.11. The lowest BCUT2D eigenvalue weighted by Gasteiger charge is -2.35. The summed E-state index contributed by atoms with van der Waals surface area (Å²) in [7, 11) is 0. The predicted molar refractivity (Wildman–Crippen MR) is 102 cm³/mol. The Morgan fingerprint density at radius 1 is 1.16 bits per heavy atom. The van der Waals surface area contributed by atoms with Gasteiger partial charge in [-0.3, -0.25) is 9.69 Å². The molecule has 0 atom stereocenters. The molecular formula is C20H28N4O. The molecule has 0 spiro atoms. The fraction of sp³-hybridized carbons (Fsp3) is 0.500. The summed E-state index contributed by atoms with van der Waals surface area (Å²) < 4.78 is 1.78. The highest BCUT2D eigenvalue weighted by molar-refractivity contribution is 5.36. The first-order valence-electron chi connectivity index (χ1n) is 9.11. The third-order valence-electron chi connectivity index (χ3n) is 4.62. The number of aromatic nitrogens is 2. The van der Waals surface area contributed by atoms with Gasteiger partial charge < -0.3 is 9.47 Å². The third-order valence-corrected chi connectivity index (χ3v) is 4.62. The molecule has 5 heteroatoms. The lowest BCUT2D eigenvalue weighted by Crippen LogP contribution is -2.48. The van der Waals surface area contributed by atoms with Gasteiger partial charge >= 0.3 is 0 Å². The van der Waals surface area contributed by atoms with E-state index in [2.05, 4.69) is 59.8 Å². The Labute approximate surface area is 149 Å². The number of rotatable bonds is 5. The number of benzene rings is 1. The van der Waals surface area contributed by atoms with E-state index in [0.29, 0.717) is 11.7 Å². The smallest absolute Gasteiger partial charge is 0.293 e. The van der Waals surface area contributed by atoms with Crippen molar-refractivity contribution >= 4 is 5.82 Å². The van der Waals surface area contributed by atoms with Gasteiger partial charge in [0, 0.05) is 51.7 Å². The summed E-state index contributed by atoms with van der Waals surface area (Å²) in [5.74, 6) is 1.04. The first-order chi connectivity index (χ1) is 12.0. The fourth-order valence-electron chi connectivity index (χ4n) is 3.38. The zero-order valence-corrected chi connectivity index (χ0v) is 15.5. The highest BCUT2D eigenvalue weighted by atomic mass is 16.1. The van der Waals surface area contributed by atoms with Crippen molar-refractivity contribution in [3.8, 4) is 0 Å². The van der Waals surface area contributed by atoms with Crippen LogP contribution in [0.2, 0.25) is 0 Å². The molecule has 1 aromatic carbocycles. The van der Waals surface area contributed by atoms with E-state index in [1.165, 1.54) is 11.1 Å². The summed E-state index contributed by atoms with van der Waals surface area (Å²) in [5, 5.41) is 0. The van der Waals surface area contributed by atoms with Crippen molar-refractivity contribution in [3.63, 3.8) is 0 Å². The fourth-order valence-corrected chi connectivity index (χ4v) is 3.38. The quantitative estimate of drug-likeness (QED) is 0.839. The van der Waals surface area contributed by atoms with Crippen LogP contribution in [0.15, 0.2) is 41.5 Å². The molecule has 0 N–H and O–H groups in total. The van der Waals surface area contributed by atoms with E-state index in [-0.39, 0.29) is 5.56 Å². The van der Waals surface area contributed by atoms with Gasteiger partial charge in [-0.2, -0.15) is 0 Å². The maximum Gasteiger partial charge on any atom is 0.293 e. The van der Waals surface area contributed by atoms with E-state index in [9.17, 15) is 4.79 Å². The zero-order valence-electron chi connectivity index (χ0n) is 15.5. The second-order valence-electron chi connectivity index (χ2n) is 7.35. The molecule has 1 aliphatic heterocycles. The average molecular weight is 340 g/mol. The molecule has 0 radical (unpaired) electrons. The number of piperazine rings is 1. The van der Waals surface area contributed by atoms with Gasteiger partial charge in [0.2, 0.25) is 0 Å². The van der Waals surface area contributed by atoms with Gasteiger partial charge in [0.05, 0.1) is 0 Å². The molecule has 3 rings (SSSR count). The molecule has 0 bridgehead atoms. The minimum atomic E-state index is 0.0309. The van der Waals surface area contributed by atoms with Crippen LogP contribution in [0.5, 0.6) is 0 Å². The van der Waals surface area contributed by atoms with Gasteiger partial charge in [0.1, 0.15) is 0 Å². The molecule has 1 aromatic heterocycles.